The van der Waals surface area contributed by atoms with E-state index in [1.165, 1.54) is 64.3 Å². The summed E-state index contributed by atoms with van der Waals surface area (Å²) in [4.78, 5) is 18.9. The Labute approximate surface area is 491 Å². The van der Waals surface area contributed by atoms with Crippen LogP contribution in [0.1, 0.15) is 173 Å². The van der Waals surface area contributed by atoms with Crippen LogP contribution in [-0.4, -0.2) is 37.5 Å². The van der Waals surface area contributed by atoms with Crippen molar-refractivity contribution in [2.45, 2.75) is 163 Å². The number of aliphatic carboxylic acids is 1. The Bertz CT molecular complexity index is 3060. The second-order valence-electron chi connectivity index (χ2n) is 21.5. The molecule has 0 radical (unpaired) electrons. The van der Waals surface area contributed by atoms with Crippen LogP contribution >= 0.6 is 22.7 Å². The Hall–Kier alpha value is -6.80. The second kappa shape index (κ2) is 30.3. The van der Waals surface area contributed by atoms with E-state index < -0.39 is 5.97 Å². The minimum Gasteiger partial charge on any atom is -0.493 e. The van der Waals surface area contributed by atoms with E-state index >= 15 is 0 Å². The van der Waals surface area contributed by atoms with Crippen LogP contribution in [0, 0.1) is 11.3 Å². The fourth-order valence-corrected chi connectivity index (χ4v) is 13.5. The van der Waals surface area contributed by atoms with Gasteiger partial charge in [-0.25, -0.2) is 4.79 Å². The molecule has 1 aliphatic carbocycles. The van der Waals surface area contributed by atoms with Crippen LogP contribution < -0.4 is 23.8 Å². The van der Waals surface area contributed by atoms with Gasteiger partial charge in [0.15, 0.2) is 0 Å². The van der Waals surface area contributed by atoms with Crippen molar-refractivity contribution in [2.24, 2.45) is 0 Å². The van der Waals surface area contributed by atoms with E-state index in [0.717, 1.165) is 150 Å². The molecule has 2 aromatic heterocycles. The lowest BCUT2D eigenvalue weighted by Gasteiger charge is -2.31. The summed E-state index contributed by atoms with van der Waals surface area (Å²) in [6, 6.07) is 45.7. The molecule has 426 valence electrons. The second-order valence-corrected chi connectivity index (χ2v) is 23.7. The summed E-state index contributed by atoms with van der Waals surface area (Å²) in [7, 11) is 0. The summed E-state index contributed by atoms with van der Waals surface area (Å²) in [5, 5.41) is 19.6. The molecule has 0 unspecified atom stereocenters. The summed E-state index contributed by atoms with van der Waals surface area (Å²) in [5.41, 5.74) is 10.7. The first-order valence-corrected chi connectivity index (χ1v) is 31.9. The molecule has 8 rings (SSSR count). The van der Waals surface area contributed by atoms with Crippen molar-refractivity contribution in [1.82, 2.24) is 0 Å². The van der Waals surface area contributed by atoms with Crippen LogP contribution in [0.4, 0.5) is 17.1 Å². The van der Waals surface area contributed by atoms with E-state index in [4.69, 9.17) is 18.9 Å². The zero-order valence-corrected chi connectivity index (χ0v) is 50.5. The molecule has 2 heterocycles. The van der Waals surface area contributed by atoms with Crippen molar-refractivity contribution in [3.63, 3.8) is 0 Å². The van der Waals surface area contributed by atoms with Crippen molar-refractivity contribution >= 4 is 51.8 Å². The van der Waals surface area contributed by atoms with Gasteiger partial charge in [-0.2, -0.15) is 5.26 Å². The molecule has 0 amide bonds. The van der Waals surface area contributed by atoms with Gasteiger partial charge in [-0.3, -0.25) is 0 Å². The van der Waals surface area contributed by atoms with Crippen LogP contribution in [0.3, 0.4) is 0 Å². The van der Waals surface area contributed by atoms with Crippen molar-refractivity contribution in [3.8, 4) is 71.5 Å². The molecule has 0 aliphatic heterocycles. The lowest BCUT2D eigenvalue weighted by Crippen LogP contribution is -2.25. The van der Waals surface area contributed by atoms with Crippen molar-refractivity contribution < 1.29 is 28.8 Å². The predicted molar refractivity (Wildman–Crippen MR) is 340 cm³/mol. The topological polar surface area (TPSA) is 101 Å². The molecule has 5 aromatic carbocycles. The van der Waals surface area contributed by atoms with E-state index in [0.29, 0.717) is 26.4 Å². The highest BCUT2D eigenvalue weighted by molar-refractivity contribution is 7.24. The number of benzene rings is 5. The number of thiophene rings is 2. The highest BCUT2D eigenvalue weighted by atomic mass is 32.1. The first-order chi connectivity index (χ1) is 39.7. The number of nitrogens with zero attached hydrogens (tertiary/aromatic N) is 2. The number of hydrogen-bond acceptors (Lipinski definition) is 9. The monoisotopic (exact) mass is 1120 g/mol. The number of carboxylic acids is 1. The van der Waals surface area contributed by atoms with E-state index in [1.807, 2.05) is 29.5 Å². The maximum absolute atomic E-state index is 12.0. The van der Waals surface area contributed by atoms with Crippen LogP contribution in [0.5, 0.6) is 23.0 Å². The summed E-state index contributed by atoms with van der Waals surface area (Å²) in [6.07, 6.45) is 21.2. The fourth-order valence-electron chi connectivity index (χ4n) is 10.9. The van der Waals surface area contributed by atoms with Gasteiger partial charge in [0.25, 0.3) is 0 Å². The number of carboxylic acid groups (broad SMARTS) is 1. The van der Waals surface area contributed by atoms with E-state index in [1.54, 1.807) is 17.4 Å². The predicted octanol–water partition coefficient (Wildman–Crippen LogP) is 21.2. The van der Waals surface area contributed by atoms with Gasteiger partial charge in [0.2, 0.25) is 0 Å². The fraction of sp³-hybridized carbons (Fsp3) is 0.408. The number of anilines is 3. The van der Waals surface area contributed by atoms with Gasteiger partial charge in [-0.05, 0) is 145 Å². The smallest absolute Gasteiger partial charge is 0.346 e. The number of hydrogen-bond donors (Lipinski definition) is 1. The molecule has 81 heavy (non-hydrogen) atoms. The number of rotatable bonds is 34. The SMILES string of the molecule is CCCCCCC1(CCCCCC)c2cc(/C=C(/C#N)C(=O)O)sc2-c2sc(-c3ccc(N(c4ccc(-c5ccc(OCCCC)cc5OCCCC)cc4)c4ccc(-c5ccc(OCCCC)cc5OCCCC)cc4)cc3)cc21. The Kier molecular flexibility index (Phi) is 22.6. The largest absolute Gasteiger partial charge is 0.493 e. The average molecular weight is 1130 g/mol. The molecular weight excluding hydrogens is 1040 g/mol. The van der Waals surface area contributed by atoms with E-state index in [9.17, 15) is 15.2 Å². The Morgan fingerprint density at radius 3 is 1.36 bits per heavy atom. The summed E-state index contributed by atoms with van der Waals surface area (Å²) in [6.45, 7) is 15.9. The molecule has 0 bridgehead atoms. The summed E-state index contributed by atoms with van der Waals surface area (Å²) >= 11 is 3.47. The summed E-state index contributed by atoms with van der Waals surface area (Å²) in [5.74, 6) is 2.11. The number of carbonyl (C=O) groups is 1. The van der Waals surface area contributed by atoms with Crippen molar-refractivity contribution in [3.05, 3.63) is 143 Å². The van der Waals surface area contributed by atoms with Crippen LogP contribution in [-0.2, 0) is 10.2 Å². The molecule has 0 fully saturated rings. The molecule has 7 aromatic rings. The normalized spacial score (nSPS) is 12.4. The van der Waals surface area contributed by atoms with Gasteiger partial charge in [-0.1, -0.05) is 155 Å². The first kappa shape index (κ1) is 60.3. The molecule has 8 nitrogen and oxygen atoms in total. The minimum absolute atomic E-state index is 0.172. The van der Waals surface area contributed by atoms with Crippen molar-refractivity contribution in [1.29, 1.82) is 5.26 Å². The number of fused-ring (bicyclic) bond motifs is 3. The van der Waals surface area contributed by atoms with Gasteiger partial charge < -0.3 is 29.0 Å². The van der Waals surface area contributed by atoms with Gasteiger partial charge in [0, 0.05) is 65.2 Å². The molecule has 0 atom stereocenters. The van der Waals surface area contributed by atoms with Gasteiger partial charge in [0.1, 0.15) is 34.6 Å². The Morgan fingerprint density at radius 1 is 0.506 bits per heavy atom. The zero-order valence-electron chi connectivity index (χ0n) is 48.9. The molecule has 0 saturated heterocycles. The molecular formula is C71H84N2O6S2. The third kappa shape index (κ3) is 15.0. The highest BCUT2D eigenvalue weighted by Gasteiger charge is 2.45. The van der Waals surface area contributed by atoms with E-state index in [2.05, 4.69) is 156 Å². The quantitative estimate of drug-likeness (QED) is 0.0242. The van der Waals surface area contributed by atoms with Crippen LogP contribution in [0.15, 0.2) is 127 Å². The molecule has 10 heteroatoms. The Balaban J connectivity index is 1.18. The van der Waals surface area contributed by atoms with Gasteiger partial charge in [-0.15, -0.1) is 22.7 Å². The maximum Gasteiger partial charge on any atom is 0.346 e. The lowest BCUT2D eigenvalue weighted by atomic mass is 9.71. The maximum atomic E-state index is 12.0. The lowest BCUT2D eigenvalue weighted by molar-refractivity contribution is -0.132. The van der Waals surface area contributed by atoms with Crippen LogP contribution in [0.25, 0.3) is 48.5 Å². The number of nitriles is 1. The molecule has 1 N–H and O–H groups in total. The summed E-state index contributed by atoms with van der Waals surface area (Å²) < 4.78 is 25.2. The zero-order chi connectivity index (χ0) is 57.0. The molecule has 0 saturated carbocycles. The molecule has 0 spiro atoms. The third-order valence-electron chi connectivity index (χ3n) is 15.5. The standard InChI is InChI=1S/C71H84N2O6S2/c1-7-13-19-21-39-71(40-22-20-14-8-2)63-48-60(45-54(50-72)70(74)75)80-68(63)69-64(71)49-67(81-69)53-27-33-57(34-28-53)73(55-29-23-51(24-30-55)61-37-35-58(76-41-15-9-3)46-65(61)78-43-17-11-5)56-31-25-52(26-32-56)62-38-36-59(77-42-16-10-4)47-66(62)79-44-18-12-6/h23-38,45-49H,7-22,39-44H2,1-6H3,(H,74,75)/b54-45-. The number of unbranched alkanes of at least 4 members (excludes halogenated alkanes) is 10. The van der Waals surface area contributed by atoms with Crippen molar-refractivity contribution in [2.75, 3.05) is 31.3 Å². The molecule has 1 aliphatic rings. The van der Waals surface area contributed by atoms with Gasteiger partial charge >= 0.3 is 5.97 Å². The Morgan fingerprint density at radius 2 is 0.926 bits per heavy atom. The first-order valence-electron chi connectivity index (χ1n) is 30.2. The third-order valence-corrected chi connectivity index (χ3v) is 17.9. The van der Waals surface area contributed by atoms with Gasteiger partial charge in [0.05, 0.1) is 26.4 Å². The number of ether oxygens (including phenoxy) is 4. The van der Waals surface area contributed by atoms with E-state index in [-0.39, 0.29) is 11.0 Å². The minimum atomic E-state index is -1.19. The highest BCUT2D eigenvalue weighted by Crippen LogP contribution is 2.61. The average Bonchev–Trinajstić information content (AvgIpc) is 4.22. The van der Waals surface area contributed by atoms with Crippen LogP contribution in [0.2, 0.25) is 0 Å².